The SMILES string of the molecule is CCOc1ccc(NS(=O)(=O)c2ccc(NC(=O)c3ccccc3F)c(F)c2)cc1. The lowest BCUT2D eigenvalue weighted by molar-refractivity contribution is 0.102. The molecule has 3 aromatic carbocycles. The number of carbonyl (C=O) groups excluding carboxylic acids is 1. The molecule has 0 aromatic heterocycles. The van der Waals surface area contributed by atoms with E-state index < -0.39 is 27.6 Å². The van der Waals surface area contributed by atoms with Crippen LogP contribution in [0.2, 0.25) is 0 Å². The van der Waals surface area contributed by atoms with Gasteiger partial charge < -0.3 is 10.1 Å². The molecule has 0 saturated heterocycles. The lowest BCUT2D eigenvalue weighted by atomic mass is 10.2. The summed E-state index contributed by atoms with van der Waals surface area (Å²) in [4.78, 5) is 11.8. The molecule has 0 aliphatic heterocycles. The molecule has 0 heterocycles. The van der Waals surface area contributed by atoms with E-state index in [-0.39, 0.29) is 21.8 Å². The van der Waals surface area contributed by atoms with Crippen LogP contribution in [0, 0.1) is 11.6 Å². The highest BCUT2D eigenvalue weighted by Gasteiger charge is 2.18. The zero-order valence-electron chi connectivity index (χ0n) is 15.9. The van der Waals surface area contributed by atoms with Crippen LogP contribution in [0.1, 0.15) is 17.3 Å². The zero-order valence-corrected chi connectivity index (χ0v) is 16.7. The predicted molar refractivity (Wildman–Crippen MR) is 109 cm³/mol. The third kappa shape index (κ3) is 4.93. The molecule has 0 unspecified atom stereocenters. The minimum atomic E-state index is -4.07. The zero-order chi connectivity index (χ0) is 21.7. The maximum absolute atomic E-state index is 14.4. The summed E-state index contributed by atoms with van der Waals surface area (Å²) < 4.78 is 60.8. The van der Waals surface area contributed by atoms with Crippen LogP contribution < -0.4 is 14.8 Å². The molecule has 0 atom stereocenters. The van der Waals surface area contributed by atoms with Crippen LogP contribution in [0.5, 0.6) is 5.75 Å². The van der Waals surface area contributed by atoms with Crippen molar-refractivity contribution in [2.45, 2.75) is 11.8 Å². The van der Waals surface area contributed by atoms with E-state index in [0.29, 0.717) is 12.4 Å². The summed E-state index contributed by atoms with van der Waals surface area (Å²) in [6, 6.07) is 14.5. The second-order valence-electron chi connectivity index (χ2n) is 6.14. The standard InChI is InChI=1S/C21H18F2N2O4S/c1-2-29-15-9-7-14(8-10-15)25-30(27,28)16-11-12-20(19(23)13-16)24-21(26)17-5-3-4-6-18(17)22/h3-13,25H,2H2,1H3,(H,24,26). The van der Waals surface area contributed by atoms with Gasteiger partial charge in [-0.1, -0.05) is 12.1 Å². The molecule has 0 aliphatic carbocycles. The summed E-state index contributed by atoms with van der Waals surface area (Å²) in [5, 5.41) is 2.23. The maximum Gasteiger partial charge on any atom is 0.261 e. The number of nitrogens with one attached hydrogen (secondary N) is 2. The number of anilines is 2. The Bertz CT molecular complexity index is 1170. The molecule has 156 valence electrons. The number of rotatable bonds is 7. The van der Waals surface area contributed by atoms with Gasteiger partial charge in [-0.25, -0.2) is 17.2 Å². The molecule has 0 fully saturated rings. The molecule has 0 saturated carbocycles. The number of sulfonamides is 1. The second kappa shape index (κ2) is 8.91. The van der Waals surface area contributed by atoms with E-state index in [2.05, 4.69) is 10.0 Å². The van der Waals surface area contributed by atoms with Crippen molar-refractivity contribution in [3.63, 3.8) is 0 Å². The van der Waals surface area contributed by atoms with Crippen molar-refractivity contribution in [3.8, 4) is 5.75 Å². The first kappa shape index (κ1) is 21.3. The Hall–Kier alpha value is -3.46. The largest absolute Gasteiger partial charge is 0.494 e. The third-order valence-corrected chi connectivity index (χ3v) is 5.41. The Morgan fingerprint density at radius 3 is 2.30 bits per heavy atom. The molecule has 0 bridgehead atoms. The van der Waals surface area contributed by atoms with Gasteiger partial charge in [0.15, 0.2) is 0 Å². The number of carbonyl (C=O) groups is 1. The first-order valence-corrected chi connectivity index (χ1v) is 10.4. The second-order valence-corrected chi connectivity index (χ2v) is 7.82. The molecule has 0 spiro atoms. The summed E-state index contributed by atoms with van der Waals surface area (Å²) in [6.07, 6.45) is 0. The van der Waals surface area contributed by atoms with Crippen molar-refractivity contribution in [3.05, 3.63) is 83.9 Å². The van der Waals surface area contributed by atoms with Gasteiger partial charge in [0.25, 0.3) is 15.9 Å². The molecule has 1 amide bonds. The summed E-state index contributed by atoms with van der Waals surface area (Å²) in [7, 11) is -4.07. The number of halogens is 2. The van der Waals surface area contributed by atoms with Gasteiger partial charge in [0, 0.05) is 5.69 Å². The van der Waals surface area contributed by atoms with E-state index in [1.165, 1.54) is 30.3 Å². The van der Waals surface area contributed by atoms with Gasteiger partial charge in [-0.05, 0) is 61.5 Å². The summed E-state index contributed by atoms with van der Waals surface area (Å²) in [6.45, 7) is 2.30. The monoisotopic (exact) mass is 432 g/mol. The van der Waals surface area contributed by atoms with Crippen molar-refractivity contribution in [1.82, 2.24) is 0 Å². The van der Waals surface area contributed by atoms with Crippen LogP contribution in [0.25, 0.3) is 0 Å². The lowest BCUT2D eigenvalue weighted by Crippen LogP contribution is -2.16. The molecule has 6 nitrogen and oxygen atoms in total. The smallest absolute Gasteiger partial charge is 0.261 e. The lowest BCUT2D eigenvalue weighted by Gasteiger charge is -2.11. The van der Waals surface area contributed by atoms with Crippen molar-refractivity contribution >= 4 is 27.3 Å². The Labute approximate surface area is 172 Å². The van der Waals surface area contributed by atoms with E-state index in [1.807, 2.05) is 6.92 Å². The minimum Gasteiger partial charge on any atom is -0.494 e. The topological polar surface area (TPSA) is 84.5 Å². The van der Waals surface area contributed by atoms with E-state index in [1.54, 1.807) is 12.1 Å². The van der Waals surface area contributed by atoms with E-state index in [4.69, 9.17) is 4.74 Å². The molecule has 0 aliphatic rings. The fourth-order valence-electron chi connectivity index (χ4n) is 2.60. The fourth-order valence-corrected chi connectivity index (χ4v) is 3.67. The normalized spacial score (nSPS) is 11.0. The van der Waals surface area contributed by atoms with Gasteiger partial charge in [0.1, 0.15) is 17.4 Å². The fraction of sp³-hybridized carbons (Fsp3) is 0.0952. The van der Waals surface area contributed by atoms with Crippen LogP contribution >= 0.6 is 0 Å². The molecule has 3 rings (SSSR count). The van der Waals surface area contributed by atoms with Crippen molar-refractivity contribution in [1.29, 1.82) is 0 Å². The summed E-state index contributed by atoms with van der Waals surface area (Å²) in [5.74, 6) is -2.00. The van der Waals surface area contributed by atoms with Gasteiger partial charge in [0.2, 0.25) is 0 Å². The number of hydrogen-bond acceptors (Lipinski definition) is 4. The van der Waals surface area contributed by atoms with Crippen molar-refractivity contribution in [2.24, 2.45) is 0 Å². The number of benzene rings is 3. The van der Waals surface area contributed by atoms with E-state index in [0.717, 1.165) is 24.3 Å². The molecule has 0 radical (unpaired) electrons. The highest BCUT2D eigenvalue weighted by molar-refractivity contribution is 7.92. The van der Waals surface area contributed by atoms with Crippen LogP contribution in [-0.4, -0.2) is 20.9 Å². The van der Waals surface area contributed by atoms with Gasteiger partial charge in [0.05, 0.1) is 22.8 Å². The van der Waals surface area contributed by atoms with Crippen molar-refractivity contribution in [2.75, 3.05) is 16.6 Å². The van der Waals surface area contributed by atoms with E-state index >= 15 is 0 Å². The quantitative estimate of drug-likeness (QED) is 0.579. The summed E-state index contributed by atoms with van der Waals surface area (Å²) in [5.41, 5.74) is -0.259. The predicted octanol–water partition coefficient (Wildman–Crippen LogP) is 4.42. The number of hydrogen-bond donors (Lipinski definition) is 2. The third-order valence-electron chi connectivity index (χ3n) is 4.04. The van der Waals surface area contributed by atoms with Gasteiger partial charge in [-0.3, -0.25) is 9.52 Å². The van der Waals surface area contributed by atoms with Crippen LogP contribution in [-0.2, 0) is 10.0 Å². The van der Waals surface area contributed by atoms with Crippen LogP contribution in [0.15, 0.2) is 71.6 Å². The molecule has 3 aromatic rings. The minimum absolute atomic E-state index is 0.259. The first-order valence-electron chi connectivity index (χ1n) is 8.91. The van der Waals surface area contributed by atoms with E-state index in [9.17, 15) is 22.0 Å². The van der Waals surface area contributed by atoms with Gasteiger partial charge >= 0.3 is 0 Å². The number of ether oxygens (including phenoxy) is 1. The molecular weight excluding hydrogens is 414 g/mol. The maximum atomic E-state index is 14.4. The average molecular weight is 432 g/mol. The molecule has 9 heteroatoms. The Morgan fingerprint density at radius 2 is 1.67 bits per heavy atom. The number of amides is 1. The van der Waals surface area contributed by atoms with Gasteiger partial charge in [-0.15, -0.1) is 0 Å². The first-order chi connectivity index (χ1) is 14.3. The Balaban J connectivity index is 1.76. The molecule has 30 heavy (non-hydrogen) atoms. The van der Waals surface area contributed by atoms with Crippen LogP contribution in [0.4, 0.5) is 20.2 Å². The van der Waals surface area contributed by atoms with Crippen molar-refractivity contribution < 1.29 is 26.7 Å². The highest BCUT2D eigenvalue weighted by atomic mass is 32.2. The highest BCUT2D eigenvalue weighted by Crippen LogP contribution is 2.23. The molecule has 2 N–H and O–H groups in total. The Morgan fingerprint density at radius 1 is 0.967 bits per heavy atom. The van der Waals surface area contributed by atoms with Gasteiger partial charge in [-0.2, -0.15) is 0 Å². The van der Waals surface area contributed by atoms with Crippen LogP contribution in [0.3, 0.4) is 0 Å². The summed E-state index contributed by atoms with van der Waals surface area (Å²) >= 11 is 0. The Kier molecular flexibility index (Phi) is 6.31. The molecular formula is C21H18F2N2O4S. The average Bonchev–Trinajstić information content (AvgIpc) is 2.71.